The largest absolute Gasteiger partial charge is 0.253 e. The number of rotatable bonds is 2. The first kappa shape index (κ1) is 11.9. The Hall–Kier alpha value is 0.380. The van der Waals surface area contributed by atoms with Crippen molar-refractivity contribution < 1.29 is 8.42 Å². The lowest BCUT2D eigenvalue weighted by Crippen LogP contribution is -2.28. The number of halogens is 2. The Morgan fingerprint density at radius 2 is 2.33 bits per heavy atom. The molecule has 0 aliphatic carbocycles. The summed E-state index contributed by atoms with van der Waals surface area (Å²) in [6, 6.07) is 1.74. The highest BCUT2D eigenvalue weighted by atomic mass is 79.9. The van der Waals surface area contributed by atoms with Gasteiger partial charge in [0, 0.05) is 22.9 Å². The fraction of sp³-hybridized carbons (Fsp3) is 0.500. The summed E-state index contributed by atoms with van der Waals surface area (Å²) in [4.78, 5) is 0. The molecule has 1 aromatic rings. The summed E-state index contributed by atoms with van der Waals surface area (Å²) in [6.45, 7) is 0.926. The van der Waals surface area contributed by atoms with E-state index in [0.29, 0.717) is 21.8 Å². The first-order chi connectivity index (χ1) is 7.01. The molecule has 84 valence electrons. The monoisotopic (exact) mass is 329 g/mol. The van der Waals surface area contributed by atoms with Crippen molar-refractivity contribution >= 4 is 48.9 Å². The van der Waals surface area contributed by atoms with E-state index in [2.05, 4.69) is 15.9 Å². The van der Waals surface area contributed by atoms with Crippen LogP contribution < -0.4 is 0 Å². The maximum absolute atomic E-state index is 12.1. The number of alkyl halides is 1. The smallest absolute Gasteiger partial charge is 0.206 e. The van der Waals surface area contributed by atoms with Crippen LogP contribution in [0.15, 0.2) is 20.1 Å². The van der Waals surface area contributed by atoms with Crippen LogP contribution in [0.4, 0.5) is 0 Å². The Morgan fingerprint density at radius 3 is 2.80 bits per heavy atom. The third-order valence-corrected chi connectivity index (χ3v) is 7.12. The van der Waals surface area contributed by atoms with Gasteiger partial charge in [-0.2, -0.15) is 4.31 Å². The average molecular weight is 331 g/mol. The summed E-state index contributed by atoms with van der Waals surface area (Å²) >= 11 is 10.4. The zero-order valence-corrected chi connectivity index (χ0v) is 11.7. The van der Waals surface area contributed by atoms with Gasteiger partial charge in [0.25, 0.3) is 10.0 Å². The Balaban J connectivity index is 2.32. The maximum Gasteiger partial charge on any atom is 0.253 e. The van der Waals surface area contributed by atoms with Gasteiger partial charge in [0.05, 0.1) is 0 Å². The SMILES string of the molecule is O=S(=O)(c1sccc1Br)N1CCC(Cl)C1. The summed E-state index contributed by atoms with van der Waals surface area (Å²) in [5.41, 5.74) is 0. The molecule has 0 aromatic carbocycles. The minimum Gasteiger partial charge on any atom is -0.206 e. The van der Waals surface area contributed by atoms with Crippen molar-refractivity contribution in [3.05, 3.63) is 15.9 Å². The highest BCUT2D eigenvalue weighted by Gasteiger charge is 2.33. The molecule has 1 saturated heterocycles. The van der Waals surface area contributed by atoms with Gasteiger partial charge in [-0.1, -0.05) is 0 Å². The molecule has 1 aliphatic rings. The van der Waals surface area contributed by atoms with Gasteiger partial charge >= 0.3 is 0 Å². The van der Waals surface area contributed by atoms with Crippen LogP contribution in [0.2, 0.25) is 0 Å². The maximum atomic E-state index is 12.1. The van der Waals surface area contributed by atoms with E-state index in [4.69, 9.17) is 11.6 Å². The molecule has 3 nitrogen and oxygen atoms in total. The number of sulfonamides is 1. The molecule has 0 N–H and O–H groups in total. The summed E-state index contributed by atoms with van der Waals surface area (Å²) < 4.78 is 26.7. The van der Waals surface area contributed by atoms with Crippen LogP contribution in [0.5, 0.6) is 0 Å². The van der Waals surface area contributed by atoms with Crippen molar-refractivity contribution in [2.75, 3.05) is 13.1 Å². The lowest BCUT2D eigenvalue weighted by atomic mass is 10.4. The van der Waals surface area contributed by atoms with Crippen LogP contribution in [-0.4, -0.2) is 31.2 Å². The van der Waals surface area contributed by atoms with Gasteiger partial charge in [-0.05, 0) is 33.8 Å². The normalized spacial score (nSPS) is 23.5. The Bertz CT molecular complexity index is 459. The Kier molecular flexibility index (Phi) is 3.42. The van der Waals surface area contributed by atoms with Gasteiger partial charge in [0.1, 0.15) is 4.21 Å². The van der Waals surface area contributed by atoms with Crippen molar-refractivity contribution in [1.82, 2.24) is 4.31 Å². The molecule has 1 aromatic heterocycles. The van der Waals surface area contributed by atoms with Crippen LogP contribution >= 0.6 is 38.9 Å². The summed E-state index contributed by atoms with van der Waals surface area (Å²) in [5, 5.41) is 1.70. The molecule has 1 fully saturated rings. The van der Waals surface area contributed by atoms with Crippen molar-refractivity contribution in [1.29, 1.82) is 0 Å². The van der Waals surface area contributed by atoms with E-state index >= 15 is 0 Å². The fourth-order valence-corrected chi connectivity index (χ4v) is 5.78. The first-order valence-corrected chi connectivity index (χ1v) is 7.94. The van der Waals surface area contributed by atoms with Gasteiger partial charge in [-0.3, -0.25) is 0 Å². The molecule has 0 spiro atoms. The molecule has 15 heavy (non-hydrogen) atoms. The molecule has 1 aliphatic heterocycles. The minimum atomic E-state index is -3.34. The van der Waals surface area contributed by atoms with Crippen LogP contribution in [-0.2, 0) is 10.0 Å². The second kappa shape index (κ2) is 4.33. The van der Waals surface area contributed by atoms with E-state index in [0.717, 1.165) is 6.42 Å². The van der Waals surface area contributed by atoms with Gasteiger partial charge in [-0.15, -0.1) is 22.9 Å². The highest BCUT2D eigenvalue weighted by Crippen LogP contribution is 2.32. The van der Waals surface area contributed by atoms with E-state index in [9.17, 15) is 8.42 Å². The van der Waals surface area contributed by atoms with Gasteiger partial charge < -0.3 is 0 Å². The van der Waals surface area contributed by atoms with Crippen LogP contribution in [0.1, 0.15) is 6.42 Å². The molecule has 2 rings (SSSR count). The Labute approximate surface area is 106 Å². The molecule has 7 heteroatoms. The van der Waals surface area contributed by atoms with Crippen LogP contribution in [0, 0.1) is 0 Å². The molecule has 0 radical (unpaired) electrons. The predicted molar refractivity (Wildman–Crippen MR) is 65.0 cm³/mol. The fourth-order valence-electron chi connectivity index (χ4n) is 1.49. The van der Waals surface area contributed by atoms with E-state index in [1.54, 1.807) is 11.4 Å². The summed E-state index contributed by atoms with van der Waals surface area (Å²) in [7, 11) is -3.34. The molecule has 0 amide bonds. The van der Waals surface area contributed by atoms with Crippen LogP contribution in [0.25, 0.3) is 0 Å². The molecular weight excluding hydrogens is 322 g/mol. The standard InChI is InChI=1S/C8H9BrClNO2S2/c9-7-2-4-14-8(7)15(12,13)11-3-1-6(10)5-11/h2,4,6H,1,3,5H2. The number of hydrogen-bond acceptors (Lipinski definition) is 3. The predicted octanol–water partition coefficient (Wildman–Crippen LogP) is 2.51. The second-order valence-corrected chi connectivity index (χ2v) is 7.83. The van der Waals surface area contributed by atoms with E-state index in [-0.39, 0.29) is 5.38 Å². The van der Waals surface area contributed by atoms with Crippen LogP contribution in [0.3, 0.4) is 0 Å². The van der Waals surface area contributed by atoms with Gasteiger partial charge in [0.2, 0.25) is 0 Å². The lowest BCUT2D eigenvalue weighted by Gasteiger charge is -2.14. The number of hydrogen-bond donors (Lipinski definition) is 0. The van der Waals surface area contributed by atoms with E-state index in [1.165, 1.54) is 15.6 Å². The van der Waals surface area contributed by atoms with Crippen molar-refractivity contribution in [3.8, 4) is 0 Å². The first-order valence-electron chi connectivity index (χ1n) is 4.39. The lowest BCUT2D eigenvalue weighted by molar-refractivity contribution is 0.479. The van der Waals surface area contributed by atoms with E-state index in [1.807, 2.05) is 0 Å². The van der Waals surface area contributed by atoms with Gasteiger partial charge in [-0.25, -0.2) is 8.42 Å². The zero-order valence-electron chi connectivity index (χ0n) is 7.69. The van der Waals surface area contributed by atoms with Gasteiger partial charge in [0.15, 0.2) is 0 Å². The molecule has 0 bridgehead atoms. The summed E-state index contributed by atoms with van der Waals surface area (Å²) in [6.07, 6.45) is 0.726. The number of nitrogens with zero attached hydrogens (tertiary/aromatic N) is 1. The third kappa shape index (κ3) is 2.24. The molecule has 2 heterocycles. The minimum absolute atomic E-state index is 0.0569. The quantitative estimate of drug-likeness (QED) is 0.781. The summed E-state index contributed by atoms with van der Waals surface area (Å²) in [5.74, 6) is 0. The van der Waals surface area contributed by atoms with Crippen molar-refractivity contribution in [2.24, 2.45) is 0 Å². The van der Waals surface area contributed by atoms with Crippen molar-refractivity contribution in [3.63, 3.8) is 0 Å². The molecule has 1 atom stereocenters. The second-order valence-electron chi connectivity index (χ2n) is 3.31. The molecule has 0 saturated carbocycles. The Morgan fingerprint density at radius 1 is 1.60 bits per heavy atom. The molecular formula is C8H9BrClNO2S2. The average Bonchev–Trinajstić information content (AvgIpc) is 2.74. The third-order valence-electron chi connectivity index (χ3n) is 2.25. The highest BCUT2D eigenvalue weighted by molar-refractivity contribution is 9.10. The van der Waals surface area contributed by atoms with Crippen molar-refractivity contribution in [2.45, 2.75) is 16.0 Å². The van der Waals surface area contributed by atoms with E-state index < -0.39 is 10.0 Å². The zero-order chi connectivity index (χ0) is 11.1. The molecule has 1 unspecified atom stereocenters. The topological polar surface area (TPSA) is 37.4 Å². The number of thiophene rings is 1.